The number of methoxy groups -OCH3 is 4. The average Bonchev–Trinajstić information content (AvgIpc) is 2.83. The molecule has 1 heterocycles. The highest BCUT2D eigenvalue weighted by atomic mass is 16.5. The standard InChI is InChI=1S/C25H26O7/c1-6-7-17-19(10-8-15-13-22(29-3)23(30-4)14-21(15)28-2)32-20-11-9-16(25(27)31-5)12-18(20)24(17)26/h8-14H,6-7H2,1-5H3. The number of rotatable bonds is 8. The number of hydrogen-bond donors (Lipinski definition) is 0. The fourth-order valence-corrected chi connectivity index (χ4v) is 3.47. The zero-order valence-electron chi connectivity index (χ0n) is 18.8. The van der Waals surface area contributed by atoms with Crippen LogP contribution in [-0.4, -0.2) is 34.4 Å². The molecule has 0 aliphatic rings. The van der Waals surface area contributed by atoms with Crippen LogP contribution in [0.3, 0.4) is 0 Å². The van der Waals surface area contributed by atoms with Gasteiger partial charge in [-0.3, -0.25) is 4.79 Å². The molecule has 0 aliphatic heterocycles. The topological polar surface area (TPSA) is 84.2 Å². The van der Waals surface area contributed by atoms with Gasteiger partial charge in [-0.05, 0) is 42.8 Å². The summed E-state index contributed by atoms with van der Waals surface area (Å²) in [7, 11) is 5.98. The lowest BCUT2D eigenvalue weighted by atomic mass is 10.0. The Morgan fingerprint density at radius 2 is 1.62 bits per heavy atom. The summed E-state index contributed by atoms with van der Waals surface area (Å²) in [4.78, 5) is 25.1. The third-order valence-corrected chi connectivity index (χ3v) is 5.09. The molecule has 2 aromatic carbocycles. The Balaban J connectivity index is 2.14. The van der Waals surface area contributed by atoms with Crippen LogP contribution in [0.25, 0.3) is 23.1 Å². The summed E-state index contributed by atoms with van der Waals surface area (Å²) in [6, 6.07) is 8.21. The molecule has 3 rings (SSSR count). The van der Waals surface area contributed by atoms with E-state index in [1.807, 2.05) is 6.92 Å². The molecule has 7 heteroatoms. The molecule has 0 bridgehead atoms. The van der Waals surface area contributed by atoms with Gasteiger partial charge in [-0.25, -0.2) is 4.79 Å². The molecule has 0 atom stereocenters. The van der Waals surface area contributed by atoms with Crippen molar-refractivity contribution in [2.75, 3.05) is 28.4 Å². The molecule has 0 spiro atoms. The third kappa shape index (κ3) is 4.46. The monoisotopic (exact) mass is 438 g/mol. The molecule has 0 N–H and O–H groups in total. The van der Waals surface area contributed by atoms with Gasteiger partial charge in [0.1, 0.15) is 17.1 Å². The lowest BCUT2D eigenvalue weighted by molar-refractivity contribution is 0.0601. The summed E-state index contributed by atoms with van der Waals surface area (Å²) in [6.45, 7) is 1.99. The van der Waals surface area contributed by atoms with Crippen molar-refractivity contribution in [1.29, 1.82) is 0 Å². The summed E-state index contributed by atoms with van der Waals surface area (Å²) in [5.74, 6) is 1.63. The van der Waals surface area contributed by atoms with Gasteiger partial charge >= 0.3 is 5.97 Å². The fourth-order valence-electron chi connectivity index (χ4n) is 3.47. The van der Waals surface area contributed by atoms with E-state index < -0.39 is 5.97 Å². The normalized spacial score (nSPS) is 11.0. The van der Waals surface area contributed by atoms with Gasteiger partial charge in [0.15, 0.2) is 16.9 Å². The highest BCUT2D eigenvalue weighted by Crippen LogP contribution is 2.35. The minimum atomic E-state index is -0.507. The smallest absolute Gasteiger partial charge is 0.337 e. The van der Waals surface area contributed by atoms with Gasteiger partial charge in [0.25, 0.3) is 0 Å². The predicted molar refractivity (Wildman–Crippen MR) is 123 cm³/mol. The zero-order chi connectivity index (χ0) is 23.3. The molecule has 0 saturated carbocycles. The number of hydrogen-bond acceptors (Lipinski definition) is 7. The molecule has 168 valence electrons. The number of fused-ring (bicyclic) bond motifs is 1. The van der Waals surface area contributed by atoms with E-state index in [1.54, 1.807) is 57.7 Å². The molecule has 0 amide bonds. The molecule has 32 heavy (non-hydrogen) atoms. The van der Waals surface area contributed by atoms with Crippen molar-refractivity contribution in [2.24, 2.45) is 0 Å². The summed E-state index contributed by atoms with van der Waals surface area (Å²) in [5, 5.41) is 0.345. The second kappa shape index (κ2) is 10.0. The van der Waals surface area contributed by atoms with E-state index in [0.29, 0.717) is 51.5 Å². The van der Waals surface area contributed by atoms with Crippen molar-refractivity contribution in [2.45, 2.75) is 19.8 Å². The first kappa shape index (κ1) is 22.9. The lowest BCUT2D eigenvalue weighted by Gasteiger charge is -2.12. The molecular formula is C25H26O7. The van der Waals surface area contributed by atoms with Crippen molar-refractivity contribution < 1.29 is 28.2 Å². The minimum absolute atomic E-state index is 0.169. The Bertz CT molecular complexity index is 1220. The largest absolute Gasteiger partial charge is 0.496 e. The molecule has 0 fully saturated rings. The fraction of sp³-hybridized carbons (Fsp3) is 0.280. The van der Waals surface area contributed by atoms with Gasteiger partial charge in [0.2, 0.25) is 0 Å². The van der Waals surface area contributed by atoms with Crippen LogP contribution < -0.4 is 19.6 Å². The van der Waals surface area contributed by atoms with Crippen LogP contribution >= 0.6 is 0 Å². The molecule has 0 radical (unpaired) electrons. The number of carbonyl (C=O) groups excluding carboxylic acids is 1. The quantitative estimate of drug-likeness (QED) is 0.470. The van der Waals surface area contributed by atoms with Gasteiger partial charge in [-0.15, -0.1) is 0 Å². The van der Waals surface area contributed by atoms with Crippen LogP contribution in [-0.2, 0) is 11.2 Å². The SMILES string of the molecule is CCCc1c(C=Cc2cc(OC)c(OC)cc2OC)oc2ccc(C(=O)OC)cc2c1=O. The molecule has 7 nitrogen and oxygen atoms in total. The van der Waals surface area contributed by atoms with E-state index in [0.717, 1.165) is 12.0 Å². The maximum atomic E-state index is 13.2. The third-order valence-electron chi connectivity index (χ3n) is 5.09. The summed E-state index contributed by atoms with van der Waals surface area (Å²) >= 11 is 0. The number of ether oxygens (including phenoxy) is 4. The first-order chi connectivity index (χ1) is 15.5. The summed E-state index contributed by atoms with van der Waals surface area (Å²) in [5.41, 5.74) is 1.79. The molecule has 0 unspecified atom stereocenters. The van der Waals surface area contributed by atoms with E-state index in [1.165, 1.54) is 13.2 Å². The number of carbonyl (C=O) groups is 1. The first-order valence-electron chi connectivity index (χ1n) is 10.1. The van der Waals surface area contributed by atoms with Gasteiger partial charge < -0.3 is 23.4 Å². The van der Waals surface area contributed by atoms with Crippen molar-refractivity contribution in [3.8, 4) is 17.2 Å². The van der Waals surface area contributed by atoms with Gasteiger partial charge in [0, 0.05) is 17.2 Å². The number of esters is 1. The van der Waals surface area contributed by atoms with Crippen LogP contribution in [0, 0.1) is 0 Å². The minimum Gasteiger partial charge on any atom is -0.496 e. The maximum Gasteiger partial charge on any atom is 0.337 e. The van der Waals surface area contributed by atoms with Crippen molar-refractivity contribution in [3.05, 3.63) is 63.0 Å². The van der Waals surface area contributed by atoms with Gasteiger partial charge in [-0.2, -0.15) is 0 Å². The van der Waals surface area contributed by atoms with Crippen molar-refractivity contribution in [3.63, 3.8) is 0 Å². The molecule has 1 aromatic heterocycles. The second-order valence-electron chi connectivity index (χ2n) is 7.01. The van der Waals surface area contributed by atoms with Crippen LogP contribution in [0.15, 0.2) is 39.5 Å². The highest BCUT2D eigenvalue weighted by molar-refractivity contribution is 5.94. The van der Waals surface area contributed by atoms with Crippen LogP contribution in [0.1, 0.15) is 40.6 Å². The Kier molecular flexibility index (Phi) is 7.20. The Morgan fingerprint density at radius 1 is 0.938 bits per heavy atom. The average molecular weight is 438 g/mol. The molecule has 0 saturated heterocycles. The van der Waals surface area contributed by atoms with Crippen LogP contribution in [0.2, 0.25) is 0 Å². The van der Waals surface area contributed by atoms with E-state index in [9.17, 15) is 9.59 Å². The van der Waals surface area contributed by atoms with E-state index in [4.69, 9.17) is 23.4 Å². The van der Waals surface area contributed by atoms with E-state index in [-0.39, 0.29) is 5.43 Å². The van der Waals surface area contributed by atoms with Gasteiger partial charge in [0.05, 0.1) is 39.4 Å². The summed E-state index contributed by atoms with van der Waals surface area (Å²) < 4.78 is 27.0. The van der Waals surface area contributed by atoms with Crippen molar-refractivity contribution in [1.82, 2.24) is 0 Å². The maximum absolute atomic E-state index is 13.2. The predicted octanol–water partition coefficient (Wildman–Crippen LogP) is 4.73. The zero-order valence-corrected chi connectivity index (χ0v) is 18.8. The molecule has 3 aromatic rings. The molecule has 0 aliphatic carbocycles. The highest BCUT2D eigenvalue weighted by Gasteiger charge is 2.16. The number of benzene rings is 2. The second-order valence-corrected chi connectivity index (χ2v) is 7.01. The van der Waals surface area contributed by atoms with Crippen LogP contribution in [0.4, 0.5) is 0 Å². The van der Waals surface area contributed by atoms with E-state index in [2.05, 4.69) is 0 Å². The van der Waals surface area contributed by atoms with E-state index >= 15 is 0 Å². The van der Waals surface area contributed by atoms with Crippen molar-refractivity contribution >= 4 is 29.1 Å². The Labute approximate surface area is 186 Å². The van der Waals surface area contributed by atoms with Gasteiger partial charge in [-0.1, -0.05) is 13.3 Å². The Morgan fingerprint density at radius 3 is 2.25 bits per heavy atom. The Hall–Kier alpha value is -3.74. The first-order valence-corrected chi connectivity index (χ1v) is 10.1. The lowest BCUT2D eigenvalue weighted by Crippen LogP contribution is -2.12. The summed E-state index contributed by atoms with van der Waals surface area (Å²) in [6.07, 6.45) is 4.83. The van der Waals surface area contributed by atoms with Crippen LogP contribution in [0.5, 0.6) is 17.2 Å². The molecular weight excluding hydrogens is 412 g/mol.